The van der Waals surface area contributed by atoms with E-state index in [4.69, 9.17) is 0 Å². The van der Waals surface area contributed by atoms with Crippen LogP contribution in [0, 0.1) is 5.82 Å². The summed E-state index contributed by atoms with van der Waals surface area (Å²) in [4.78, 5) is 8.45. The van der Waals surface area contributed by atoms with Crippen LogP contribution in [0.1, 0.15) is 36.2 Å². The molecule has 7 heteroatoms. The van der Waals surface area contributed by atoms with Gasteiger partial charge in [-0.2, -0.15) is 0 Å². The van der Waals surface area contributed by atoms with Crippen molar-refractivity contribution in [3.63, 3.8) is 0 Å². The van der Waals surface area contributed by atoms with Gasteiger partial charge in [0, 0.05) is 18.0 Å². The summed E-state index contributed by atoms with van der Waals surface area (Å²) in [5.41, 5.74) is 0.719. The van der Waals surface area contributed by atoms with E-state index < -0.39 is 5.82 Å². The zero-order valence-corrected chi connectivity index (χ0v) is 16.4. The second-order valence-electron chi connectivity index (χ2n) is 6.64. The van der Waals surface area contributed by atoms with Crippen LogP contribution >= 0.6 is 11.3 Å². The molecule has 1 atom stereocenters. The van der Waals surface area contributed by atoms with Crippen molar-refractivity contribution in [3.8, 4) is 5.75 Å². The number of phenolic OH excluding ortho intramolecular Hbond substituents is 1. The van der Waals surface area contributed by atoms with Crippen LogP contribution in [-0.2, 0) is 6.54 Å². The maximum Gasteiger partial charge on any atom is 0.191 e. The third kappa shape index (κ3) is 5.43. The fraction of sp³-hybridized carbons (Fsp3) is 0.450. The number of nitrogens with zero attached hydrogens (tertiary/aromatic N) is 2. The Morgan fingerprint density at radius 1 is 1.30 bits per heavy atom. The summed E-state index contributed by atoms with van der Waals surface area (Å²) in [6, 6.07) is 8.99. The van der Waals surface area contributed by atoms with Crippen molar-refractivity contribution < 1.29 is 9.50 Å². The number of aromatic hydroxyl groups is 1. The smallest absolute Gasteiger partial charge is 0.191 e. The van der Waals surface area contributed by atoms with Gasteiger partial charge in [0.2, 0.25) is 0 Å². The van der Waals surface area contributed by atoms with Crippen molar-refractivity contribution in [1.29, 1.82) is 0 Å². The summed E-state index contributed by atoms with van der Waals surface area (Å²) >= 11 is 1.79. The highest BCUT2D eigenvalue weighted by Crippen LogP contribution is 2.27. The van der Waals surface area contributed by atoms with E-state index in [1.54, 1.807) is 17.4 Å². The number of phenols is 1. The standard InChI is InChI=1S/C20H27FN4OS/c1-2-22-20(23-13-15-7-8-18(26)16(21)12-15)24-14-17(19-6-5-11-27-19)25-9-3-4-10-25/h5-8,11-12,17,26H,2-4,9-10,13-14H2,1H3,(H2,22,23,24). The number of benzene rings is 1. The number of rotatable bonds is 7. The molecular formula is C20H27FN4OS. The summed E-state index contributed by atoms with van der Waals surface area (Å²) in [6.07, 6.45) is 2.50. The molecule has 0 saturated carbocycles. The minimum atomic E-state index is -0.618. The maximum absolute atomic E-state index is 13.5. The van der Waals surface area contributed by atoms with Crippen LogP contribution in [0.15, 0.2) is 40.7 Å². The number of hydrogen-bond acceptors (Lipinski definition) is 4. The Morgan fingerprint density at radius 3 is 2.78 bits per heavy atom. The molecule has 2 aromatic rings. The average molecular weight is 391 g/mol. The van der Waals surface area contributed by atoms with E-state index in [9.17, 15) is 9.50 Å². The average Bonchev–Trinajstić information content (AvgIpc) is 3.37. The van der Waals surface area contributed by atoms with E-state index >= 15 is 0 Å². The molecule has 2 heterocycles. The maximum atomic E-state index is 13.5. The van der Waals surface area contributed by atoms with Crippen molar-refractivity contribution in [2.45, 2.75) is 32.4 Å². The van der Waals surface area contributed by atoms with Crippen LogP contribution in [0.25, 0.3) is 0 Å². The van der Waals surface area contributed by atoms with Gasteiger partial charge in [-0.15, -0.1) is 11.3 Å². The van der Waals surface area contributed by atoms with E-state index in [2.05, 4.69) is 38.0 Å². The van der Waals surface area contributed by atoms with Gasteiger partial charge in [0.1, 0.15) is 0 Å². The Labute approximate surface area is 163 Å². The lowest BCUT2D eigenvalue weighted by Crippen LogP contribution is -2.42. The fourth-order valence-electron chi connectivity index (χ4n) is 3.30. The summed E-state index contributed by atoms with van der Waals surface area (Å²) in [7, 11) is 0. The monoisotopic (exact) mass is 390 g/mol. The SMILES string of the molecule is CCNC(=NCc1ccc(O)c(F)c1)NCC(c1cccs1)N1CCCC1. The lowest BCUT2D eigenvalue weighted by molar-refractivity contribution is 0.249. The Balaban J connectivity index is 1.65. The predicted octanol–water partition coefficient (Wildman–Crippen LogP) is 3.49. The molecule has 1 fully saturated rings. The highest BCUT2D eigenvalue weighted by atomic mass is 32.1. The molecule has 146 valence electrons. The van der Waals surface area contributed by atoms with Gasteiger partial charge in [-0.05, 0) is 62.0 Å². The first kappa shape index (κ1) is 19.6. The molecule has 0 spiro atoms. The lowest BCUT2D eigenvalue weighted by atomic mass is 10.2. The van der Waals surface area contributed by atoms with E-state index in [0.717, 1.165) is 31.7 Å². The second-order valence-corrected chi connectivity index (χ2v) is 7.62. The van der Waals surface area contributed by atoms with Crippen molar-refractivity contribution in [1.82, 2.24) is 15.5 Å². The van der Waals surface area contributed by atoms with Gasteiger partial charge in [-0.25, -0.2) is 9.38 Å². The third-order valence-electron chi connectivity index (χ3n) is 4.69. The third-order valence-corrected chi connectivity index (χ3v) is 5.67. The topological polar surface area (TPSA) is 59.9 Å². The Kier molecular flexibility index (Phi) is 7.06. The predicted molar refractivity (Wildman–Crippen MR) is 109 cm³/mol. The molecule has 1 saturated heterocycles. The van der Waals surface area contributed by atoms with Crippen molar-refractivity contribution in [3.05, 3.63) is 52.0 Å². The van der Waals surface area contributed by atoms with Crippen LogP contribution in [0.2, 0.25) is 0 Å². The molecule has 1 aromatic carbocycles. The van der Waals surface area contributed by atoms with Crippen LogP contribution < -0.4 is 10.6 Å². The van der Waals surface area contributed by atoms with Crippen LogP contribution in [0.5, 0.6) is 5.75 Å². The first-order chi connectivity index (χ1) is 13.2. The number of thiophene rings is 1. The van der Waals surface area contributed by atoms with E-state index in [1.165, 1.54) is 29.9 Å². The van der Waals surface area contributed by atoms with Gasteiger partial charge >= 0.3 is 0 Å². The first-order valence-corrected chi connectivity index (χ1v) is 10.3. The zero-order valence-electron chi connectivity index (χ0n) is 15.6. The molecule has 0 aliphatic carbocycles. The number of nitrogens with one attached hydrogen (secondary N) is 2. The van der Waals surface area contributed by atoms with Crippen molar-refractivity contribution >= 4 is 17.3 Å². The molecule has 1 aliphatic rings. The molecule has 1 unspecified atom stereocenters. The zero-order chi connectivity index (χ0) is 19.1. The van der Waals surface area contributed by atoms with E-state index in [0.29, 0.717) is 18.5 Å². The first-order valence-electron chi connectivity index (χ1n) is 9.44. The van der Waals surface area contributed by atoms with Crippen LogP contribution in [0.3, 0.4) is 0 Å². The number of hydrogen-bond donors (Lipinski definition) is 3. The molecular weight excluding hydrogens is 363 g/mol. The van der Waals surface area contributed by atoms with Crippen LogP contribution in [-0.4, -0.2) is 42.1 Å². The molecule has 0 bridgehead atoms. The number of likely N-dealkylation sites (tertiary alicyclic amines) is 1. The summed E-state index contributed by atoms with van der Waals surface area (Å²) < 4.78 is 13.5. The largest absolute Gasteiger partial charge is 0.505 e. The van der Waals surface area contributed by atoms with Gasteiger partial charge in [-0.1, -0.05) is 12.1 Å². The van der Waals surface area contributed by atoms with Crippen LogP contribution in [0.4, 0.5) is 4.39 Å². The number of halogens is 1. The summed E-state index contributed by atoms with van der Waals surface area (Å²) in [5, 5.41) is 18.1. The molecule has 3 rings (SSSR count). The van der Waals surface area contributed by atoms with Gasteiger partial charge in [-0.3, -0.25) is 4.90 Å². The molecule has 1 aliphatic heterocycles. The van der Waals surface area contributed by atoms with Crippen molar-refractivity contribution in [2.24, 2.45) is 4.99 Å². The van der Waals surface area contributed by atoms with Gasteiger partial charge in [0.05, 0.1) is 12.6 Å². The van der Waals surface area contributed by atoms with Crippen molar-refractivity contribution in [2.75, 3.05) is 26.2 Å². The van der Waals surface area contributed by atoms with E-state index in [-0.39, 0.29) is 5.75 Å². The highest BCUT2D eigenvalue weighted by molar-refractivity contribution is 7.10. The molecule has 5 nitrogen and oxygen atoms in total. The number of guanidine groups is 1. The highest BCUT2D eigenvalue weighted by Gasteiger charge is 2.24. The molecule has 0 amide bonds. The quantitative estimate of drug-likeness (QED) is 0.500. The summed E-state index contributed by atoms with van der Waals surface area (Å²) in [5.74, 6) is -0.239. The Hall–Kier alpha value is -2.12. The Morgan fingerprint density at radius 2 is 2.11 bits per heavy atom. The summed E-state index contributed by atoms with van der Waals surface area (Å²) in [6.45, 7) is 6.16. The normalized spacial score (nSPS) is 16.4. The van der Waals surface area contributed by atoms with Gasteiger partial charge in [0.25, 0.3) is 0 Å². The Bertz CT molecular complexity index is 744. The lowest BCUT2D eigenvalue weighted by Gasteiger charge is -2.27. The van der Waals surface area contributed by atoms with E-state index in [1.807, 2.05) is 6.92 Å². The molecule has 3 N–H and O–H groups in total. The number of aliphatic imine (C=N–C) groups is 1. The molecule has 27 heavy (non-hydrogen) atoms. The minimum Gasteiger partial charge on any atom is -0.505 e. The molecule has 1 aromatic heterocycles. The molecule has 0 radical (unpaired) electrons. The minimum absolute atomic E-state index is 0.336. The van der Waals surface area contributed by atoms with Gasteiger partial charge < -0.3 is 15.7 Å². The van der Waals surface area contributed by atoms with Gasteiger partial charge in [0.15, 0.2) is 17.5 Å². The fourth-order valence-corrected chi connectivity index (χ4v) is 4.16. The second kappa shape index (κ2) is 9.71.